The lowest BCUT2D eigenvalue weighted by molar-refractivity contribution is 0.0614. The van der Waals surface area contributed by atoms with Crippen LogP contribution in [0.5, 0.6) is 0 Å². The van der Waals surface area contributed by atoms with Gasteiger partial charge in [0.1, 0.15) is 5.82 Å². The van der Waals surface area contributed by atoms with E-state index < -0.39 is 0 Å². The fraction of sp³-hybridized carbons (Fsp3) is 0.600. The zero-order valence-electron chi connectivity index (χ0n) is 11.5. The van der Waals surface area contributed by atoms with Crippen LogP contribution in [0.2, 0.25) is 0 Å². The van der Waals surface area contributed by atoms with E-state index in [1.54, 1.807) is 6.07 Å². The molecule has 0 aromatic heterocycles. The third-order valence-corrected chi connectivity index (χ3v) is 4.67. The van der Waals surface area contributed by atoms with Gasteiger partial charge in [0, 0.05) is 12.6 Å². The van der Waals surface area contributed by atoms with Gasteiger partial charge < -0.3 is 10.1 Å². The quantitative estimate of drug-likeness (QED) is 0.892. The number of benzene rings is 1. The molecule has 3 unspecified atom stereocenters. The lowest BCUT2D eigenvalue weighted by atomic mass is 9.93. The summed E-state index contributed by atoms with van der Waals surface area (Å²) in [7, 11) is 0. The zero-order chi connectivity index (χ0) is 13.8. The molecule has 3 atom stereocenters. The van der Waals surface area contributed by atoms with Gasteiger partial charge in [-0.2, -0.15) is 0 Å². The molecule has 1 aromatic rings. The molecule has 1 heterocycles. The first-order chi connectivity index (χ1) is 9.13. The Bertz CT molecular complexity index is 427. The van der Waals surface area contributed by atoms with Gasteiger partial charge in [0.25, 0.3) is 0 Å². The van der Waals surface area contributed by atoms with Gasteiger partial charge in [-0.05, 0) is 52.9 Å². The Morgan fingerprint density at radius 2 is 2.32 bits per heavy atom. The van der Waals surface area contributed by atoms with Crippen molar-refractivity contribution in [1.82, 2.24) is 5.32 Å². The minimum atomic E-state index is -0.201. The Morgan fingerprint density at radius 1 is 1.53 bits per heavy atom. The van der Waals surface area contributed by atoms with E-state index in [1.807, 2.05) is 6.07 Å². The van der Waals surface area contributed by atoms with Gasteiger partial charge in [-0.25, -0.2) is 4.39 Å². The van der Waals surface area contributed by atoms with E-state index in [2.05, 4.69) is 35.1 Å². The Labute approximate surface area is 122 Å². The molecule has 0 saturated carbocycles. The van der Waals surface area contributed by atoms with Gasteiger partial charge in [0.05, 0.1) is 10.6 Å². The summed E-state index contributed by atoms with van der Waals surface area (Å²) in [5.41, 5.74) is 0.994. The van der Waals surface area contributed by atoms with Gasteiger partial charge in [-0.1, -0.05) is 26.0 Å². The molecule has 1 aliphatic heterocycles. The molecule has 19 heavy (non-hydrogen) atoms. The molecule has 0 spiro atoms. The Balaban J connectivity index is 2.14. The number of nitrogens with one attached hydrogen (secondary N) is 1. The van der Waals surface area contributed by atoms with E-state index in [0.717, 1.165) is 31.6 Å². The SMILES string of the molecule is CCNC(Cc1cccc(F)c1Br)C1OCCC1C. The van der Waals surface area contributed by atoms with Crippen LogP contribution in [0.4, 0.5) is 4.39 Å². The Morgan fingerprint density at radius 3 is 2.95 bits per heavy atom. The fourth-order valence-corrected chi connectivity index (χ4v) is 3.17. The molecule has 0 bridgehead atoms. The Hall–Kier alpha value is -0.450. The molecule has 1 N–H and O–H groups in total. The van der Waals surface area contributed by atoms with Gasteiger partial charge in [-0.15, -0.1) is 0 Å². The summed E-state index contributed by atoms with van der Waals surface area (Å²) in [5.74, 6) is 0.351. The largest absolute Gasteiger partial charge is 0.376 e. The first-order valence-electron chi connectivity index (χ1n) is 6.91. The first kappa shape index (κ1) is 14.9. The maximum Gasteiger partial charge on any atom is 0.137 e. The molecule has 1 aliphatic rings. The van der Waals surface area contributed by atoms with Crippen LogP contribution in [0.1, 0.15) is 25.8 Å². The third kappa shape index (κ3) is 3.56. The van der Waals surface area contributed by atoms with Crippen LogP contribution in [0.15, 0.2) is 22.7 Å². The third-order valence-electron chi connectivity index (χ3n) is 3.78. The predicted octanol–water partition coefficient (Wildman–Crippen LogP) is 3.53. The second-order valence-electron chi connectivity index (χ2n) is 5.18. The highest BCUT2D eigenvalue weighted by molar-refractivity contribution is 9.10. The van der Waals surface area contributed by atoms with Crippen molar-refractivity contribution in [3.63, 3.8) is 0 Å². The second-order valence-corrected chi connectivity index (χ2v) is 5.98. The van der Waals surface area contributed by atoms with Crippen molar-refractivity contribution in [2.75, 3.05) is 13.2 Å². The molecule has 0 radical (unpaired) electrons. The summed E-state index contributed by atoms with van der Waals surface area (Å²) < 4.78 is 20.0. The average Bonchev–Trinajstić information content (AvgIpc) is 2.80. The van der Waals surface area contributed by atoms with Crippen LogP contribution >= 0.6 is 15.9 Å². The van der Waals surface area contributed by atoms with Gasteiger partial charge in [-0.3, -0.25) is 0 Å². The summed E-state index contributed by atoms with van der Waals surface area (Å²) in [6, 6.07) is 5.44. The molecule has 4 heteroatoms. The number of hydrogen-bond acceptors (Lipinski definition) is 2. The normalized spacial score (nSPS) is 24.6. The lowest BCUT2D eigenvalue weighted by Gasteiger charge is -2.27. The molecule has 106 valence electrons. The number of halogens is 2. The van der Waals surface area contributed by atoms with Crippen molar-refractivity contribution in [2.24, 2.45) is 5.92 Å². The summed E-state index contributed by atoms with van der Waals surface area (Å²) in [6.07, 6.45) is 2.10. The van der Waals surface area contributed by atoms with Crippen molar-refractivity contribution < 1.29 is 9.13 Å². The number of hydrogen-bond donors (Lipinski definition) is 1. The van der Waals surface area contributed by atoms with Crippen molar-refractivity contribution in [3.05, 3.63) is 34.1 Å². The summed E-state index contributed by atoms with van der Waals surface area (Å²) in [6.45, 7) is 6.04. The first-order valence-corrected chi connectivity index (χ1v) is 7.70. The molecule has 1 fully saturated rings. The molecule has 1 aromatic carbocycles. The highest BCUT2D eigenvalue weighted by Crippen LogP contribution is 2.27. The smallest absolute Gasteiger partial charge is 0.137 e. The molecule has 2 rings (SSSR count). The number of likely N-dealkylation sites (N-methyl/N-ethyl adjacent to an activating group) is 1. The standard InChI is InChI=1S/C15H21BrFNO/c1-3-18-13(15-10(2)7-8-19-15)9-11-5-4-6-12(17)14(11)16/h4-6,10,13,15,18H,3,7-9H2,1-2H3. The van der Waals surface area contributed by atoms with Crippen LogP contribution < -0.4 is 5.32 Å². The molecule has 2 nitrogen and oxygen atoms in total. The molecule has 0 amide bonds. The van der Waals surface area contributed by atoms with Crippen molar-refractivity contribution >= 4 is 15.9 Å². The highest BCUT2D eigenvalue weighted by atomic mass is 79.9. The van der Waals surface area contributed by atoms with Crippen LogP contribution in [-0.2, 0) is 11.2 Å². The highest BCUT2D eigenvalue weighted by Gasteiger charge is 2.32. The molecular formula is C15H21BrFNO. The summed E-state index contributed by atoms with van der Waals surface area (Å²) in [5, 5.41) is 3.48. The Kier molecular flexibility index (Phi) is 5.37. The van der Waals surface area contributed by atoms with E-state index in [0.29, 0.717) is 10.4 Å². The minimum Gasteiger partial charge on any atom is -0.376 e. The van der Waals surface area contributed by atoms with E-state index in [4.69, 9.17) is 4.74 Å². The van der Waals surface area contributed by atoms with Crippen molar-refractivity contribution in [2.45, 2.75) is 38.8 Å². The van der Waals surface area contributed by atoms with E-state index >= 15 is 0 Å². The maximum absolute atomic E-state index is 13.6. The van der Waals surface area contributed by atoms with Crippen LogP contribution in [-0.4, -0.2) is 25.3 Å². The topological polar surface area (TPSA) is 21.3 Å². The van der Waals surface area contributed by atoms with Gasteiger partial charge in [0.2, 0.25) is 0 Å². The maximum atomic E-state index is 13.6. The van der Waals surface area contributed by atoms with E-state index in [1.165, 1.54) is 6.07 Å². The molecule has 0 aliphatic carbocycles. The van der Waals surface area contributed by atoms with Crippen LogP contribution in [0.3, 0.4) is 0 Å². The second kappa shape index (κ2) is 6.82. The number of ether oxygens (including phenoxy) is 1. The summed E-state index contributed by atoms with van der Waals surface area (Å²) in [4.78, 5) is 0. The average molecular weight is 330 g/mol. The predicted molar refractivity (Wildman–Crippen MR) is 78.8 cm³/mol. The van der Waals surface area contributed by atoms with Gasteiger partial charge in [0.15, 0.2) is 0 Å². The van der Waals surface area contributed by atoms with Gasteiger partial charge >= 0.3 is 0 Å². The lowest BCUT2D eigenvalue weighted by Crippen LogP contribution is -2.43. The van der Waals surface area contributed by atoms with E-state index in [9.17, 15) is 4.39 Å². The van der Waals surface area contributed by atoms with Crippen molar-refractivity contribution in [1.29, 1.82) is 0 Å². The fourth-order valence-electron chi connectivity index (χ4n) is 2.74. The zero-order valence-corrected chi connectivity index (χ0v) is 13.0. The summed E-state index contributed by atoms with van der Waals surface area (Å²) >= 11 is 3.34. The molecule has 1 saturated heterocycles. The van der Waals surface area contributed by atoms with E-state index in [-0.39, 0.29) is 18.0 Å². The van der Waals surface area contributed by atoms with Crippen LogP contribution in [0, 0.1) is 11.7 Å². The molecular weight excluding hydrogens is 309 g/mol. The number of rotatable bonds is 5. The van der Waals surface area contributed by atoms with Crippen LogP contribution in [0.25, 0.3) is 0 Å². The monoisotopic (exact) mass is 329 g/mol. The van der Waals surface area contributed by atoms with Crippen molar-refractivity contribution in [3.8, 4) is 0 Å². The minimum absolute atomic E-state index is 0.201.